The monoisotopic (exact) mass is 429 g/mol. The maximum absolute atomic E-state index is 6.25. The number of aromatic nitrogens is 1. The number of benzene rings is 1. The minimum Gasteiger partial charge on any atom is -0.491 e. The van der Waals surface area contributed by atoms with E-state index in [1.54, 1.807) is 17.5 Å². The van der Waals surface area contributed by atoms with Gasteiger partial charge >= 0.3 is 0 Å². The fourth-order valence-electron chi connectivity index (χ4n) is 3.37. The number of thiocarbonyl (C=S) groups is 1. The summed E-state index contributed by atoms with van der Waals surface area (Å²) in [6.45, 7) is 4.03. The standard InChI is InChI=1S/C21H20ClN3OS2/c1-13(2)26-15-8-6-14(7-9-15)25-20(17-10-11-18(22)28-17)19(24-21(25)27)16-5-3-4-12-23-16/h3-13,19-20H,1-2H3,(H,24,27)/t19-,20+/m1/s1. The van der Waals surface area contributed by atoms with Gasteiger partial charge in [0.1, 0.15) is 5.75 Å². The van der Waals surface area contributed by atoms with Gasteiger partial charge in [-0.15, -0.1) is 11.3 Å². The van der Waals surface area contributed by atoms with Crippen LogP contribution < -0.4 is 15.0 Å². The van der Waals surface area contributed by atoms with Gasteiger partial charge in [-0.25, -0.2) is 0 Å². The highest BCUT2D eigenvalue weighted by Gasteiger charge is 2.41. The van der Waals surface area contributed by atoms with Crippen molar-refractivity contribution in [3.63, 3.8) is 0 Å². The largest absolute Gasteiger partial charge is 0.491 e. The molecule has 1 N–H and O–H groups in total. The summed E-state index contributed by atoms with van der Waals surface area (Å²) in [6, 6.07) is 17.9. The molecule has 0 radical (unpaired) electrons. The zero-order chi connectivity index (χ0) is 19.7. The highest BCUT2D eigenvalue weighted by Crippen LogP contribution is 2.44. The molecule has 1 aromatic carbocycles. The first-order valence-electron chi connectivity index (χ1n) is 9.05. The molecule has 0 spiro atoms. The maximum atomic E-state index is 6.25. The van der Waals surface area contributed by atoms with Crippen LogP contribution in [0, 0.1) is 0 Å². The minimum absolute atomic E-state index is 0.0308. The van der Waals surface area contributed by atoms with Crippen LogP contribution in [-0.4, -0.2) is 16.2 Å². The van der Waals surface area contributed by atoms with Crippen molar-refractivity contribution in [2.45, 2.75) is 32.0 Å². The predicted molar refractivity (Wildman–Crippen MR) is 119 cm³/mol. The van der Waals surface area contributed by atoms with Crippen LogP contribution in [0.5, 0.6) is 5.75 Å². The lowest BCUT2D eigenvalue weighted by Gasteiger charge is -2.27. The second kappa shape index (κ2) is 8.07. The lowest BCUT2D eigenvalue weighted by atomic mass is 10.0. The molecule has 1 aliphatic rings. The van der Waals surface area contributed by atoms with Crippen LogP contribution in [0.4, 0.5) is 5.69 Å². The van der Waals surface area contributed by atoms with Crippen molar-refractivity contribution in [2.24, 2.45) is 0 Å². The number of pyridine rings is 1. The summed E-state index contributed by atoms with van der Waals surface area (Å²) in [5.41, 5.74) is 1.95. The first kappa shape index (κ1) is 19.2. The Kier molecular flexibility index (Phi) is 5.53. The molecule has 3 heterocycles. The molecule has 1 saturated heterocycles. The number of rotatable bonds is 5. The van der Waals surface area contributed by atoms with Crippen LogP contribution in [0.1, 0.15) is 36.5 Å². The third kappa shape index (κ3) is 3.85. The molecule has 0 amide bonds. The number of anilines is 1. The zero-order valence-corrected chi connectivity index (χ0v) is 17.9. The van der Waals surface area contributed by atoms with Crippen LogP contribution in [-0.2, 0) is 0 Å². The van der Waals surface area contributed by atoms with Gasteiger partial charge < -0.3 is 15.0 Å². The normalized spacial score (nSPS) is 19.1. The first-order valence-corrected chi connectivity index (χ1v) is 10.7. The molecule has 0 aliphatic carbocycles. The summed E-state index contributed by atoms with van der Waals surface area (Å²) >= 11 is 13.5. The second-order valence-electron chi connectivity index (χ2n) is 6.80. The Bertz CT molecular complexity index is 959. The molecule has 28 heavy (non-hydrogen) atoms. The molecule has 4 rings (SSSR count). The summed E-state index contributed by atoms with van der Waals surface area (Å²) in [7, 11) is 0. The Morgan fingerprint density at radius 1 is 1.14 bits per heavy atom. The quantitative estimate of drug-likeness (QED) is 0.522. The van der Waals surface area contributed by atoms with Gasteiger partial charge in [-0.3, -0.25) is 4.98 Å². The minimum atomic E-state index is -0.0602. The average molecular weight is 430 g/mol. The van der Waals surface area contributed by atoms with Crippen molar-refractivity contribution in [1.29, 1.82) is 0 Å². The molecule has 4 nitrogen and oxygen atoms in total. The van der Waals surface area contributed by atoms with Crippen molar-refractivity contribution in [2.75, 3.05) is 4.90 Å². The van der Waals surface area contributed by atoms with Gasteiger partial charge in [0.05, 0.1) is 28.2 Å². The van der Waals surface area contributed by atoms with Crippen LogP contribution in [0.25, 0.3) is 0 Å². The van der Waals surface area contributed by atoms with Crippen molar-refractivity contribution < 1.29 is 4.74 Å². The van der Waals surface area contributed by atoms with Gasteiger partial charge in [-0.1, -0.05) is 17.7 Å². The molecule has 0 bridgehead atoms. The SMILES string of the molecule is CC(C)Oc1ccc(N2C(=S)N[C@H](c3ccccn3)[C@@H]2c2ccc(Cl)s2)cc1. The van der Waals surface area contributed by atoms with E-state index < -0.39 is 0 Å². The number of halogens is 1. The van der Waals surface area contributed by atoms with E-state index in [1.165, 1.54) is 0 Å². The first-order chi connectivity index (χ1) is 13.5. The van der Waals surface area contributed by atoms with E-state index in [-0.39, 0.29) is 18.2 Å². The molecule has 7 heteroatoms. The van der Waals surface area contributed by atoms with Crippen molar-refractivity contribution in [1.82, 2.24) is 10.3 Å². The molecule has 1 fully saturated rings. The number of hydrogen-bond donors (Lipinski definition) is 1. The smallest absolute Gasteiger partial charge is 0.174 e. The fourth-order valence-corrected chi connectivity index (χ4v) is 4.90. The van der Waals surface area contributed by atoms with E-state index >= 15 is 0 Å². The molecule has 0 unspecified atom stereocenters. The van der Waals surface area contributed by atoms with Crippen molar-refractivity contribution in [3.05, 3.63) is 75.7 Å². The maximum Gasteiger partial charge on any atom is 0.174 e. The third-order valence-electron chi connectivity index (χ3n) is 4.47. The Morgan fingerprint density at radius 2 is 1.93 bits per heavy atom. The summed E-state index contributed by atoms with van der Waals surface area (Å²) in [5.74, 6) is 0.841. The van der Waals surface area contributed by atoms with Gasteiger partial charge in [-0.05, 0) is 74.6 Å². The Hall–Kier alpha value is -2.15. The summed E-state index contributed by atoms with van der Waals surface area (Å²) in [5, 5.41) is 4.12. The Balaban J connectivity index is 1.73. The average Bonchev–Trinajstić information content (AvgIpc) is 3.26. The summed E-state index contributed by atoms with van der Waals surface area (Å²) < 4.78 is 6.53. The Labute approximate surface area is 179 Å². The van der Waals surface area contributed by atoms with Crippen molar-refractivity contribution in [3.8, 4) is 5.75 Å². The van der Waals surface area contributed by atoms with Gasteiger partial charge in [0, 0.05) is 16.8 Å². The Morgan fingerprint density at radius 3 is 2.54 bits per heavy atom. The number of hydrogen-bond acceptors (Lipinski definition) is 4. The van der Waals surface area contributed by atoms with Gasteiger partial charge in [0.15, 0.2) is 5.11 Å². The lowest BCUT2D eigenvalue weighted by Crippen LogP contribution is -2.29. The lowest BCUT2D eigenvalue weighted by molar-refractivity contribution is 0.242. The predicted octanol–water partition coefficient (Wildman–Crippen LogP) is 5.76. The molecular formula is C21H20ClN3OS2. The molecule has 3 aromatic rings. The summed E-state index contributed by atoms with van der Waals surface area (Å²) in [6.07, 6.45) is 1.94. The highest BCUT2D eigenvalue weighted by molar-refractivity contribution is 7.80. The molecule has 0 saturated carbocycles. The number of nitrogens with zero attached hydrogens (tertiary/aromatic N) is 2. The van der Waals surface area contributed by atoms with E-state index in [2.05, 4.69) is 21.3 Å². The summed E-state index contributed by atoms with van der Waals surface area (Å²) in [4.78, 5) is 7.83. The number of ether oxygens (including phenoxy) is 1. The van der Waals surface area contributed by atoms with Crippen LogP contribution in [0.3, 0.4) is 0 Å². The van der Waals surface area contributed by atoms with E-state index in [0.29, 0.717) is 5.11 Å². The highest BCUT2D eigenvalue weighted by atomic mass is 35.5. The van der Waals surface area contributed by atoms with Crippen molar-refractivity contribution >= 4 is 46.0 Å². The van der Waals surface area contributed by atoms with Gasteiger partial charge in [-0.2, -0.15) is 0 Å². The van der Waals surface area contributed by atoms with Gasteiger partial charge in [0.25, 0.3) is 0 Å². The fraction of sp³-hybridized carbons (Fsp3) is 0.238. The molecule has 144 valence electrons. The molecule has 2 aromatic heterocycles. The number of thiophene rings is 1. The van der Waals surface area contributed by atoms with Gasteiger partial charge in [0.2, 0.25) is 0 Å². The van der Waals surface area contributed by atoms with Crippen LogP contribution >= 0.6 is 35.2 Å². The van der Waals surface area contributed by atoms with E-state index in [1.807, 2.05) is 62.4 Å². The zero-order valence-electron chi connectivity index (χ0n) is 15.5. The molecule has 2 atom stereocenters. The van der Waals surface area contributed by atoms with E-state index in [9.17, 15) is 0 Å². The topological polar surface area (TPSA) is 37.4 Å². The molecular weight excluding hydrogens is 410 g/mol. The number of nitrogens with one attached hydrogen (secondary N) is 1. The van der Waals surface area contributed by atoms with E-state index in [0.717, 1.165) is 26.3 Å². The second-order valence-corrected chi connectivity index (χ2v) is 8.93. The van der Waals surface area contributed by atoms with Crippen LogP contribution in [0.15, 0.2) is 60.8 Å². The van der Waals surface area contributed by atoms with Crippen LogP contribution in [0.2, 0.25) is 4.34 Å². The third-order valence-corrected chi connectivity index (χ3v) is 6.09. The molecule has 1 aliphatic heterocycles. The van der Waals surface area contributed by atoms with E-state index in [4.69, 9.17) is 28.6 Å².